The molecule has 152 valence electrons. The Labute approximate surface area is 168 Å². The first-order valence-electron chi connectivity index (χ1n) is 11.2. The second-order valence-electron chi connectivity index (χ2n) is 9.28. The monoisotopic (exact) mass is 393 g/mol. The fourth-order valence-corrected chi connectivity index (χ4v) is 6.86. The lowest BCUT2D eigenvalue weighted by Gasteiger charge is -2.43. The summed E-state index contributed by atoms with van der Waals surface area (Å²) in [4.78, 5) is 28.4. The first kappa shape index (κ1) is 19.8. The summed E-state index contributed by atoms with van der Waals surface area (Å²) in [5.41, 5.74) is 0. The minimum absolute atomic E-state index is 0.0227. The molecule has 0 aromatic rings. The predicted molar refractivity (Wildman–Crippen MR) is 109 cm³/mol. The van der Waals surface area contributed by atoms with Crippen molar-refractivity contribution in [2.24, 2.45) is 11.8 Å². The first-order valence-corrected chi connectivity index (χ1v) is 12.3. The van der Waals surface area contributed by atoms with Crippen molar-refractivity contribution in [2.75, 3.05) is 12.3 Å². The van der Waals surface area contributed by atoms with Crippen LogP contribution in [0.15, 0.2) is 0 Å². The number of rotatable bonds is 4. The van der Waals surface area contributed by atoms with Gasteiger partial charge in [0.2, 0.25) is 0 Å². The van der Waals surface area contributed by atoms with Gasteiger partial charge in [-0.25, -0.2) is 0 Å². The molecule has 2 saturated carbocycles. The normalized spacial score (nSPS) is 37.8. The van der Waals surface area contributed by atoms with E-state index in [2.05, 4.69) is 11.8 Å². The van der Waals surface area contributed by atoms with E-state index in [1.165, 1.54) is 37.9 Å². The van der Waals surface area contributed by atoms with Crippen LogP contribution in [0, 0.1) is 11.8 Å². The summed E-state index contributed by atoms with van der Waals surface area (Å²) in [5, 5.41) is 0.568. The quantitative estimate of drug-likeness (QED) is 0.718. The van der Waals surface area contributed by atoms with E-state index >= 15 is 0 Å². The summed E-state index contributed by atoms with van der Waals surface area (Å²) in [6.45, 7) is 3.08. The number of Topliss-reactive ketones (excluding diaryl/α,β-unsaturated/α-hetero) is 1. The number of ether oxygens (including phenoxy) is 1. The molecule has 5 unspecified atom stereocenters. The maximum atomic E-state index is 13.5. The molecule has 0 radical (unpaired) electrons. The van der Waals surface area contributed by atoms with Gasteiger partial charge in [-0.1, -0.05) is 26.2 Å². The van der Waals surface area contributed by atoms with E-state index in [0.29, 0.717) is 23.6 Å². The van der Waals surface area contributed by atoms with Crippen LogP contribution >= 0.6 is 11.8 Å². The Morgan fingerprint density at radius 2 is 1.93 bits per heavy atom. The summed E-state index contributed by atoms with van der Waals surface area (Å²) in [7, 11) is 0. The van der Waals surface area contributed by atoms with Crippen molar-refractivity contribution in [2.45, 2.75) is 101 Å². The Hall–Kier alpha value is -0.550. The van der Waals surface area contributed by atoms with Gasteiger partial charge in [-0.3, -0.25) is 9.59 Å². The van der Waals surface area contributed by atoms with Crippen LogP contribution in [0.5, 0.6) is 0 Å². The molecule has 1 amide bonds. The Bertz CT molecular complexity index is 542. The van der Waals surface area contributed by atoms with Crippen molar-refractivity contribution in [3.05, 3.63) is 0 Å². The first-order chi connectivity index (χ1) is 13.1. The standard InChI is InChI=1S/C22H35NO3S/c1-15-9-10-20-18(12-15)19(24)13-21(26-20)22(25)23(14-17-8-5-11-27-17)16-6-3-2-4-7-16/h15-18,20-21H,2-14H2,1H3. The molecule has 4 rings (SSSR count). The van der Waals surface area contributed by atoms with Crippen LogP contribution in [0.3, 0.4) is 0 Å². The largest absolute Gasteiger partial charge is 0.364 e. The summed E-state index contributed by atoms with van der Waals surface area (Å²) in [5.74, 6) is 2.24. The van der Waals surface area contributed by atoms with E-state index in [1.54, 1.807) is 0 Å². The molecule has 4 aliphatic rings. The zero-order valence-corrected chi connectivity index (χ0v) is 17.6. The van der Waals surface area contributed by atoms with Crippen LogP contribution in [0.25, 0.3) is 0 Å². The second-order valence-corrected chi connectivity index (χ2v) is 10.7. The smallest absolute Gasteiger partial charge is 0.252 e. The molecule has 2 aliphatic heterocycles. The number of fused-ring (bicyclic) bond motifs is 1. The summed E-state index contributed by atoms with van der Waals surface area (Å²) < 4.78 is 6.29. The van der Waals surface area contributed by atoms with Gasteiger partial charge in [0.25, 0.3) is 5.91 Å². The molecule has 0 bridgehead atoms. The number of carbonyl (C=O) groups excluding carboxylic acids is 2. The van der Waals surface area contributed by atoms with Crippen LogP contribution in [-0.4, -0.2) is 52.4 Å². The van der Waals surface area contributed by atoms with Gasteiger partial charge < -0.3 is 9.64 Å². The number of hydrogen-bond acceptors (Lipinski definition) is 4. The minimum Gasteiger partial charge on any atom is -0.364 e. The van der Waals surface area contributed by atoms with Gasteiger partial charge >= 0.3 is 0 Å². The zero-order chi connectivity index (χ0) is 18.8. The molecule has 5 heteroatoms. The van der Waals surface area contributed by atoms with Crippen molar-refractivity contribution in [1.82, 2.24) is 4.90 Å². The van der Waals surface area contributed by atoms with Crippen LogP contribution in [0.1, 0.15) is 77.6 Å². The average molecular weight is 394 g/mol. The van der Waals surface area contributed by atoms with Gasteiger partial charge in [0.05, 0.1) is 6.10 Å². The summed E-state index contributed by atoms with van der Waals surface area (Å²) in [6, 6.07) is 0.357. The van der Waals surface area contributed by atoms with Crippen LogP contribution in [-0.2, 0) is 14.3 Å². The molecule has 0 aromatic heterocycles. The van der Waals surface area contributed by atoms with Gasteiger partial charge in [0.1, 0.15) is 11.9 Å². The van der Waals surface area contributed by atoms with Gasteiger partial charge in [-0.15, -0.1) is 0 Å². The van der Waals surface area contributed by atoms with Crippen LogP contribution in [0.4, 0.5) is 0 Å². The van der Waals surface area contributed by atoms with Gasteiger partial charge in [-0.05, 0) is 56.6 Å². The third-order valence-corrected chi connectivity index (χ3v) is 8.57. The number of carbonyl (C=O) groups is 2. The molecule has 0 aromatic carbocycles. The summed E-state index contributed by atoms with van der Waals surface area (Å²) in [6.07, 6.45) is 11.2. The topological polar surface area (TPSA) is 46.6 Å². The van der Waals surface area contributed by atoms with E-state index < -0.39 is 6.10 Å². The molecule has 27 heavy (non-hydrogen) atoms. The zero-order valence-electron chi connectivity index (χ0n) is 16.7. The Balaban J connectivity index is 1.45. The highest BCUT2D eigenvalue weighted by atomic mass is 32.2. The highest BCUT2D eigenvalue weighted by molar-refractivity contribution is 8.00. The molecule has 5 atom stereocenters. The molecule has 2 aliphatic carbocycles. The van der Waals surface area contributed by atoms with Crippen molar-refractivity contribution >= 4 is 23.5 Å². The molecule has 4 nitrogen and oxygen atoms in total. The molecule has 0 N–H and O–H groups in total. The van der Waals surface area contributed by atoms with Crippen LogP contribution < -0.4 is 0 Å². The molecular weight excluding hydrogens is 358 g/mol. The molecule has 2 heterocycles. The molecule has 0 spiro atoms. The van der Waals surface area contributed by atoms with E-state index in [-0.39, 0.29) is 23.7 Å². The lowest BCUT2D eigenvalue weighted by atomic mass is 9.75. The van der Waals surface area contributed by atoms with Crippen molar-refractivity contribution < 1.29 is 14.3 Å². The maximum absolute atomic E-state index is 13.5. The highest BCUT2D eigenvalue weighted by Gasteiger charge is 2.44. The minimum atomic E-state index is -0.527. The molecular formula is C22H35NO3S. The number of thioether (sulfide) groups is 1. The molecule has 2 saturated heterocycles. The predicted octanol–water partition coefficient (Wildman–Crippen LogP) is 4.21. The third-order valence-electron chi connectivity index (χ3n) is 7.19. The second kappa shape index (κ2) is 8.86. The maximum Gasteiger partial charge on any atom is 0.252 e. The number of amides is 1. The van der Waals surface area contributed by atoms with Crippen molar-refractivity contribution in [3.63, 3.8) is 0 Å². The lowest BCUT2D eigenvalue weighted by molar-refractivity contribution is -0.171. The van der Waals surface area contributed by atoms with Gasteiger partial charge in [0, 0.05) is 30.2 Å². The van der Waals surface area contributed by atoms with E-state index in [9.17, 15) is 9.59 Å². The third kappa shape index (κ3) is 4.55. The lowest BCUT2D eigenvalue weighted by Crippen LogP contribution is -2.54. The summed E-state index contributed by atoms with van der Waals surface area (Å²) >= 11 is 2.02. The number of ketones is 1. The number of hydrogen-bond donors (Lipinski definition) is 0. The SMILES string of the molecule is CC1CCC2OC(C(=O)N(CC3CCCS3)C3CCCCC3)CC(=O)C2C1. The van der Waals surface area contributed by atoms with E-state index in [4.69, 9.17) is 4.74 Å². The van der Waals surface area contributed by atoms with Crippen molar-refractivity contribution in [3.8, 4) is 0 Å². The average Bonchev–Trinajstić information content (AvgIpc) is 3.20. The highest BCUT2D eigenvalue weighted by Crippen LogP contribution is 2.38. The fraction of sp³-hybridized carbons (Fsp3) is 0.909. The fourth-order valence-electron chi connectivity index (χ4n) is 5.60. The Morgan fingerprint density at radius 1 is 1.11 bits per heavy atom. The van der Waals surface area contributed by atoms with Crippen LogP contribution in [0.2, 0.25) is 0 Å². The van der Waals surface area contributed by atoms with Gasteiger partial charge in [0.15, 0.2) is 0 Å². The molecule has 4 fully saturated rings. The van der Waals surface area contributed by atoms with Crippen molar-refractivity contribution in [1.29, 1.82) is 0 Å². The van der Waals surface area contributed by atoms with Gasteiger partial charge in [-0.2, -0.15) is 11.8 Å². The number of nitrogens with zero attached hydrogens (tertiary/aromatic N) is 1. The Morgan fingerprint density at radius 3 is 2.67 bits per heavy atom. The van der Waals surface area contributed by atoms with E-state index in [1.807, 2.05) is 11.8 Å². The van der Waals surface area contributed by atoms with E-state index in [0.717, 1.165) is 38.6 Å². The Kier molecular flexibility index (Phi) is 6.48.